The Kier molecular flexibility index (Phi) is 6.08. The number of fused-ring (bicyclic) bond motifs is 1. The molecule has 3 aromatic rings. The number of likely N-dealkylation sites (N-methyl/N-ethyl adjacent to an activating group) is 1. The number of nitrogens with zero attached hydrogens (tertiary/aromatic N) is 3. The lowest BCUT2D eigenvalue weighted by atomic mass is 10.2. The van der Waals surface area contributed by atoms with Crippen molar-refractivity contribution in [1.29, 1.82) is 0 Å². The summed E-state index contributed by atoms with van der Waals surface area (Å²) in [4.78, 5) is 21.7. The molecule has 5 nitrogen and oxygen atoms in total. The normalized spacial score (nSPS) is 11.1. The maximum atomic E-state index is 13.2. The van der Waals surface area contributed by atoms with Gasteiger partial charge >= 0.3 is 0 Å². The van der Waals surface area contributed by atoms with E-state index in [9.17, 15) is 4.79 Å². The lowest BCUT2D eigenvalue weighted by molar-refractivity contribution is 0.0985. The molecule has 27 heavy (non-hydrogen) atoms. The monoisotopic (exact) mass is 383 g/mol. The van der Waals surface area contributed by atoms with E-state index in [1.807, 2.05) is 57.4 Å². The largest absolute Gasteiger partial charge is 0.494 e. The van der Waals surface area contributed by atoms with Crippen LogP contribution in [0.5, 0.6) is 5.75 Å². The summed E-state index contributed by atoms with van der Waals surface area (Å²) in [6.45, 7) is 5.95. The summed E-state index contributed by atoms with van der Waals surface area (Å²) >= 11 is 1.56. The lowest BCUT2D eigenvalue weighted by Gasteiger charge is -2.22. The van der Waals surface area contributed by atoms with Crippen molar-refractivity contribution in [2.45, 2.75) is 13.8 Å². The van der Waals surface area contributed by atoms with Crippen LogP contribution in [-0.4, -0.2) is 49.6 Å². The van der Waals surface area contributed by atoms with E-state index in [-0.39, 0.29) is 5.91 Å². The number of carbonyl (C=O) groups excluding carboxylic acids is 1. The molecule has 1 heterocycles. The van der Waals surface area contributed by atoms with Crippen LogP contribution in [0.3, 0.4) is 0 Å². The molecule has 0 saturated carbocycles. The van der Waals surface area contributed by atoms with Gasteiger partial charge in [-0.25, -0.2) is 4.98 Å². The van der Waals surface area contributed by atoms with E-state index in [2.05, 4.69) is 17.9 Å². The molecule has 3 rings (SSSR count). The first-order valence-electron chi connectivity index (χ1n) is 9.04. The number of aryl methyl sites for hydroxylation is 1. The van der Waals surface area contributed by atoms with E-state index in [0.717, 1.165) is 27.6 Å². The van der Waals surface area contributed by atoms with Crippen LogP contribution >= 0.6 is 11.3 Å². The smallest absolute Gasteiger partial charge is 0.260 e. The van der Waals surface area contributed by atoms with E-state index in [1.165, 1.54) is 5.56 Å². The van der Waals surface area contributed by atoms with Crippen molar-refractivity contribution in [3.05, 3.63) is 53.6 Å². The molecule has 0 N–H and O–H groups in total. The Morgan fingerprint density at radius 2 is 1.85 bits per heavy atom. The van der Waals surface area contributed by atoms with Gasteiger partial charge in [-0.1, -0.05) is 17.4 Å². The Morgan fingerprint density at radius 3 is 2.52 bits per heavy atom. The van der Waals surface area contributed by atoms with Crippen LogP contribution in [0, 0.1) is 6.92 Å². The quantitative estimate of drug-likeness (QED) is 0.613. The molecular formula is C21H25N3O2S. The highest BCUT2D eigenvalue weighted by atomic mass is 32.1. The third-order valence-corrected chi connectivity index (χ3v) is 5.23. The minimum absolute atomic E-state index is 0.0457. The molecule has 1 aromatic heterocycles. The maximum absolute atomic E-state index is 13.2. The highest BCUT2D eigenvalue weighted by Crippen LogP contribution is 2.30. The minimum Gasteiger partial charge on any atom is -0.494 e. The zero-order valence-corrected chi connectivity index (χ0v) is 17.0. The molecule has 0 aliphatic rings. The molecule has 0 aliphatic carbocycles. The second-order valence-corrected chi connectivity index (χ2v) is 7.69. The zero-order chi connectivity index (χ0) is 19.4. The number of anilines is 1. The molecule has 6 heteroatoms. The standard InChI is InChI=1S/C21H25N3O2S/c1-5-26-17-9-7-16(8-10-17)20(25)24(13-12-23(3)4)21-22-18-11-6-15(2)14-19(18)27-21/h6-11,14H,5,12-13H2,1-4H3. The third kappa shape index (κ3) is 4.64. The predicted molar refractivity (Wildman–Crippen MR) is 112 cm³/mol. The highest BCUT2D eigenvalue weighted by Gasteiger charge is 2.21. The molecule has 0 unspecified atom stereocenters. The van der Waals surface area contributed by atoms with Crippen LogP contribution in [0.4, 0.5) is 5.13 Å². The second kappa shape index (κ2) is 8.50. The average Bonchev–Trinajstić information content (AvgIpc) is 3.05. The Morgan fingerprint density at radius 1 is 1.11 bits per heavy atom. The predicted octanol–water partition coefficient (Wildman–Crippen LogP) is 4.21. The van der Waals surface area contributed by atoms with Crippen LogP contribution in [-0.2, 0) is 0 Å². The van der Waals surface area contributed by atoms with Crippen LogP contribution in [0.1, 0.15) is 22.8 Å². The molecule has 0 spiro atoms. The molecule has 0 aliphatic heterocycles. The number of aromatic nitrogens is 1. The van der Waals surface area contributed by atoms with E-state index in [4.69, 9.17) is 9.72 Å². The number of benzene rings is 2. The van der Waals surface area contributed by atoms with Crippen LogP contribution in [0.25, 0.3) is 10.2 Å². The summed E-state index contributed by atoms with van der Waals surface area (Å²) in [5, 5.41) is 0.733. The third-order valence-electron chi connectivity index (χ3n) is 4.19. The van der Waals surface area contributed by atoms with E-state index in [0.29, 0.717) is 18.7 Å². The fourth-order valence-electron chi connectivity index (χ4n) is 2.74. The highest BCUT2D eigenvalue weighted by molar-refractivity contribution is 7.22. The maximum Gasteiger partial charge on any atom is 0.260 e. The summed E-state index contributed by atoms with van der Waals surface area (Å²) in [7, 11) is 4.00. The minimum atomic E-state index is -0.0457. The van der Waals surface area contributed by atoms with Crippen molar-refractivity contribution in [2.75, 3.05) is 38.7 Å². The van der Waals surface area contributed by atoms with E-state index < -0.39 is 0 Å². The number of thiazole rings is 1. The first-order valence-corrected chi connectivity index (χ1v) is 9.86. The number of rotatable bonds is 7. The molecule has 2 aromatic carbocycles. The number of carbonyl (C=O) groups is 1. The summed E-state index contributed by atoms with van der Waals surface area (Å²) in [5.74, 6) is 0.722. The van der Waals surface area contributed by atoms with Gasteiger partial charge in [-0.05, 0) is 69.9 Å². The topological polar surface area (TPSA) is 45.7 Å². The van der Waals surface area contributed by atoms with Gasteiger partial charge in [0.1, 0.15) is 5.75 Å². The van der Waals surface area contributed by atoms with Gasteiger partial charge in [0.05, 0.1) is 16.8 Å². The summed E-state index contributed by atoms with van der Waals surface area (Å²) < 4.78 is 6.57. The van der Waals surface area contributed by atoms with Gasteiger partial charge in [0.15, 0.2) is 5.13 Å². The molecule has 0 saturated heterocycles. The number of hydrogen-bond acceptors (Lipinski definition) is 5. The fraction of sp³-hybridized carbons (Fsp3) is 0.333. The van der Waals surface area contributed by atoms with Crippen molar-refractivity contribution >= 4 is 32.6 Å². The van der Waals surface area contributed by atoms with E-state index >= 15 is 0 Å². The molecule has 0 radical (unpaired) electrons. The van der Waals surface area contributed by atoms with Gasteiger partial charge in [0, 0.05) is 18.7 Å². The Hall–Kier alpha value is -2.44. The molecular weight excluding hydrogens is 358 g/mol. The van der Waals surface area contributed by atoms with Crippen LogP contribution in [0.2, 0.25) is 0 Å². The Balaban J connectivity index is 1.92. The molecule has 142 valence electrons. The molecule has 0 bridgehead atoms. The van der Waals surface area contributed by atoms with Crippen molar-refractivity contribution in [3.8, 4) is 5.75 Å². The van der Waals surface area contributed by atoms with E-state index in [1.54, 1.807) is 16.2 Å². The van der Waals surface area contributed by atoms with Crippen LogP contribution in [0.15, 0.2) is 42.5 Å². The summed E-state index contributed by atoms with van der Waals surface area (Å²) in [6.07, 6.45) is 0. The molecule has 0 fully saturated rings. The zero-order valence-electron chi connectivity index (χ0n) is 16.2. The first-order chi connectivity index (χ1) is 13.0. The lowest BCUT2D eigenvalue weighted by Crippen LogP contribution is -2.36. The fourth-order valence-corrected chi connectivity index (χ4v) is 3.82. The summed E-state index contributed by atoms with van der Waals surface area (Å²) in [6, 6.07) is 13.5. The van der Waals surface area contributed by atoms with Gasteiger partial charge in [0.2, 0.25) is 0 Å². The van der Waals surface area contributed by atoms with Gasteiger partial charge in [-0.2, -0.15) is 0 Å². The number of ether oxygens (including phenoxy) is 1. The van der Waals surface area contributed by atoms with Crippen molar-refractivity contribution in [2.24, 2.45) is 0 Å². The molecule has 1 amide bonds. The van der Waals surface area contributed by atoms with Crippen molar-refractivity contribution < 1.29 is 9.53 Å². The van der Waals surface area contributed by atoms with Gasteiger partial charge in [0.25, 0.3) is 5.91 Å². The van der Waals surface area contributed by atoms with Crippen LogP contribution < -0.4 is 9.64 Å². The van der Waals surface area contributed by atoms with Crippen molar-refractivity contribution in [1.82, 2.24) is 9.88 Å². The summed E-state index contributed by atoms with van der Waals surface area (Å²) in [5.41, 5.74) is 2.75. The number of hydrogen-bond donors (Lipinski definition) is 0. The van der Waals surface area contributed by atoms with Gasteiger partial charge in [-0.3, -0.25) is 9.69 Å². The molecule has 0 atom stereocenters. The SMILES string of the molecule is CCOc1ccc(C(=O)N(CCN(C)C)c2nc3ccc(C)cc3s2)cc1. The second-order valence-electron chi connectivity index (χ2n) is 6.69. The first kappa shape index (κ1) is 19.3. The van der Waals surface area contributed by atoms with Crippen molar-refractivity contribution in [3.63, 3.8) is 0 Å². The van der Waals surface area contributed by atoms with Gasteiger partial charge in [-0.15, -0.1) is 0 Å². The van der Waals surface area contributed by atoms with Gasteiger partial charge < -0.3 is 9.64 Å². The Labute approximate surface area is 164 Å². The average molecular weight is 384 g/mol. The number of amides is 1. The Bertz CT molecular complexity index is 919.